The second kappa shape index (κ2) is 5.91. The van der Waals surface area contributed by atoms with Crippen LogP contribution in [0.25, 0.3) is 0 Å². The van der Waals surface area contributed by atoms with Gasteiger partial charge >= 0.3 is 0 Å². The molecule has 0 saturated heterocycles. The summed E-state index contributed by atoms with van der Waals surface area (Å²) < 4.78 is 0. The first-order valence-corrected chi connectivity index (χ1v) is 7.78. The van der Waals surface area contributed by atoms with Crippen LogP contribution in [0.1, 0.15) is 47.2 Å². The van der Waals surface area contributed by atoms with Gasteiger partial charge in [0.05, 0.1) is 6.54 Å². The van der Waals surface area contributed by atoms with E-state index >= 15 is 0 Å². The Hall–Kier alpha value is -1.79. The molecule has 2 saturated carbocycles. The van der Waals surface area contributed by atoms with Gasteiger partial charge in [-0.2, -0.15) is 0 Å². The summed E-state index contributed by atoms with van der Waals surface area (Å²) in [6.07, 6.45) is 5.07. The Kier molecular flexibility index (Phi) is 3.98. The molecule has 0 aliphatic heterocycles. The molecule has 0 spiro atoms. The molecular weight excluding hydrogens is 260 g/mol. The minimum atomic E-state index is 0.0430. The molecule has 3 heteroatoms. The van der Waals surface area contributed by atoms with Crippen molar-refractivity contribution >= 4 is 5.91 Å². The number of amides is 1. The third-order valence-corrected chi connectivity index (χ3v) is 4.87. The third-order valence-electron chi connectivity index (χ3n) is 4.87. The van der Waals surface area contributed by atoms with E-state index in [0.29, 0.717) is 18.5 Å². The minimum Gasteiger partial charge on any atom is -0.349 e. The van der Waals surface area contributed by atoms with Gasteiger partial charge in [-0.1, -0.05) is 24.3 Å². The van der Waals surface area contributed by atoms with Crippen LogP contribution < -0.4 is 11.1 Å². The van der Waals surface area contributed by atoms with Crippen molar-refractivity contribution in [2.24, 2.45) is 17.6 Å². The van der Waals surface area contributed by atoms with Gasteiger partial charge in [-0.05, 0) is 55.7 Å². The summed E-state index contributed by atoms with van der Waals surface area (Å²) >= 11 is 0. The lowest BCUT2D eigenvalue weighted by Crippen LogP contribution is -2.38. The molecule has 3 unspecified atom stereocenters. The average Bonchev–Trinajstić information content (AvgIpc) is 3.09. The zero-order chi connectivity index (χ0) is 14.8. The molecule has 110 valence electrons. The van der Waals surface area contributed by atoms with Gasteiger partial charge in [0.15, 0.2) is 0 Å². The fourth-order valence-corrected chi connectivity index (χ4v) is 3.77. The lowest BCUT2D eigenvalue weighted by atomic mass is 9.94. The van der Waals surface area contributed by atoms with Gasteiger partial charge in [-0.15, -0.1) is 0 Å². The minimum absolute atomic E-state index is 0.0430. The van der Waals surface area contributed by atoms with E-state index in [2.05, 4.69) is 17.2 Å². The summed E-state index contributed by atoms with van der Waals surface area (Å²) in [5.74, 6) is 7.40. The lowest BCUT2D eigenvalue weighted by Gasteiger charge is -2.23. The monoisotopic (exact) mass is 282 g/mol. The van der Waals surface area contributed by atoms with Crippen LogP contribution in [0.15, 0.2) is 18.2 Å². The van der Waals surface area contributed by atoms with Gasteiger partial charge in [0.1, 0.15) is 0 Å². The molecule has 2 aliphatic carbocycles. The highest BCUT2D eigenvalue weighted by Gasteiger charge is 2.40. The third kappa shape index (κ3) is 2.96. The maximum absolute atomic E-state index is 12.5. The molecule has 3 rings (SSSR count). The van der Waals surface area contributed by atoms with Crippen LogP contribution in [-0.2, 0) is 0 Å². The van der Waals surface area contributed by atoms with Crippen LogP contribution in [0.5, 0.6) is 0 Å². The van der Waals surface area contributed by atoms with Crippen LogP contribution in [0, 0.1) is 30.6 Å². The summed E-state index contributed by atoms with van der Waals surface area (Å²) in [6.45, 7) is 2.30. The van der Waals surface area contributed by atoms with Gasteiger partial charge in [0, 0.05) is 17.2 Å². The van der Waals surface area contributed by atoms with Crippen molar-refractivity contribution in [2.45, 2.75) is 38.6 Å². The van der Waals surface area contributed by atoms with E-state index in [1.54, 1.807) is 0 Å². The first kappa shape index (κ1) is 14.2. The van der Waals surface area contributed by atoms with E-state index in [4.69, 9.17) is 5.73 Å². The standard InChI is InChI=1S/C18H22N2O/c1-12-4-5-13(3-2-8-19)10-16(12)18(21)20-17-11-14-6-7-15(17)9-14/h4-5,10,14-15,17H,6-9,11,19H2,1H3,(H,20,21). The Labute approximate surface area is 126 Å². The number of benzene rings is 1. The van der Waals surface area contributed by atoms with Crippen LogP contribution >= 0.6 is 0 Å². The summed E-state index contributed by atoms with van der Waals surface area (Å²) in [4.78, 5) is 12.5. The van der Waals surface area contributed by atoms with E-state index in [-0.39, 0.29) is 5.91 Å². The summed E-state index contributed by atoms with van der Waals surface area (Å²) in [7, 11) is 0. The number of nitrogens with two attached hydrogens (primary N) is 1. The number of hydrogen-bond donors (Lipinski definition) is 2. The number of aryl methyl sites for hydroxylation is 1. The van der Waals surface area contributed by atoms with Crippen LogP contribution in [0.3, 0.4) is 0 Å². The fraction of sp³-hybridized carbons (Fsp3) is 0.500. The molecule has 2 fully saturated rings. The second-order valence-corrected chi connectivity index (χ2v) is 6.29. The number of rotatable bonds is 2. The number of fused-ring (bicyclic) bond motifs is 2. The number of nitrogens with one attached hydrogen (secondary N) is 1. The van der Waals surface area contributed by atoms with E-state index in [1.165, 1.54) is 19.3 Å². The predicted molar refractivity (Wildman–Crippen MR) is 83.8 cm³/mol. The summed E-state index contributed by atoms with van der Waals surface area (Å²) in [6, 6.07) is 6.14. The van der Waals surface area contributed by atoms with Crippen LogP contribution in [-0.4, -0.2) is 18.5 Å². The SMILES string of the molecule is Cc1ccc(C#CCN)cc1C(=O)NC1CC2CCC1C2. The smallest absolute Gasteiger partial charge is 0.251 e. The van der Waals surface area contributed by atoms with Gasteiger partial charge < -0.3 is 11.1 Å². The van der Waals surface area contributed by atoms with Crippen molar-refractivity contribution in [3.05, 3.63) is 34.9 Å². The second-order valence-electron chi connectivity index (χ2n) is 6.29. The van der Waals surface area contributed by atoms with Gasteiger partial charge in [0.25, 0.3) is 5.91 Å². The van der Waals surface area contributed by atoms with Gasteiger partial charge in [0.2, 0.25) is 0 Å². The Morgan fingerprint density at radius 2 is 2.24 bits per heavy atom. The van der Waals surface area contributed by atoms with E-state index in [9.17, 15) is 4.79 Å². The Balaban J connectivity index is 1.74. The van der Waals surface area contributed by atoms with Crippen molar-refractivity contribution in [1.29, 1.82) is 0 Å². The molecule has 0 aromatic heterocycles. The lowest BCUT2D eigenvalue weighted by molar-refractivity contribution is 0.0922. The quantitative estimate of drug-likeness (QED) is 0.817. The molecule has 1 amide bonds. The zero-order valence-corrected chi connectivity index (χ0v) is 12.5. The number of carbonyl (C=O) groups is 1. The van der Waals surface area contributed by atoms with Crippen molar-refractivity contribution in [3.63, 3.8) is 0 Å². The highest BCUT2D eigenvalue weighted by molar-refractivity contribution is 5.96. The van der Waals surface area contributed by atoms with Crippen molar-refractivity contribution in [2.75, 3.05) is 6.54 Å². The number of carbonyl (C=O) groups excluding carboxylic acids is 1. The largest absolute Gasteiger partial charge is 0.349 e. The fourth-order valence-electron chi connectivity index (χ4n) is 3.77. The van der Waals surface area contributed by atoms with Crippen LogP contribution in [0.2, 0.25) is 0 Å². The zero-order valence-electron chi connectivity index (χ0n) is 12.5. The molecule has 1 aromatic carbocycles. The maximum atomic E-state index is 12.5. The summed E-state index contributed by atoms with van der Waals surface area (Å²) in [5.41, 5.74) is 7.98. The number of hydrogen-bond acceptors (Lipinski definition) is 2. The molecule has 1 aromatic rings. The first-order chi connectivity index (χ1) is 10.2. The van der Waals surface area contributed by atoms with Crippen molar-refractivity contribution < 1.29 is 4.79 Å². The molecule has 0 radical (unpaired) electrons. The molecule has 2 aliphatic rings. The Morgan fingerprint density at radius 3 is 2.90 bits per heavy atom. The highest BCUT2D eigenvalue weighted by atomic mass is 16.1. The molecule has 21 heavy (non-hydrogen) atoms. The molecular formula is C18H22N2O. The molecule has 2 bridgehead atoms. The van der Waals surface area contributed by atoms with E-state index < -0.39 is 0 Å². The topological polar surface area (TPSA) is 55.1 Å². The maximum Gasteiger partial charge on any atom is 0.251 e. The average molecular weight is 282 g/mol. The van der Waals surface area contributed by atoms with Crippen LogP contribution in [0.4, 0.5) is 0 Å². The summed E-state index contributed by atoms with van der Waals surface area (Å²) in [5, 5.41) is 3.24. The molecule has 3 atom stereocenters. The van der Waals surface area contributed by atoms with Gasteiger partial charge in [-0.3, -0.25) is 4.79 Å². The first-order valence-electron chi connectivity index (χ1n) is 7.78. The molecule has 0 heterocycles. The van der Waals surface area contributed by atoms with Crippen molar-refractivity contribution in [3.8, 4) is 11.8 Å². The molecule has 3 N–H and O–H groups in total. The Morgan fingerprint density at radius 1 is 1.38 bits per heavy atom. The van der Waals surface area contributed by atoms with E-state index in [1.807, 2.05) is 25.1 Å². The highest BCUT2D eigenvalue weighted by Crippen LogP contribution is 2.44. The van der Waals surface area contributed by atoms with E-state index in [0.717, 1.165) is 29.0 Å². The Bertz CT molecular complexity index is 611. The molecule has 3 nitrogen and oxygen atoms in total. The normalized spacial score (nSPS) is 26.3. The van der Waals surface area contributed by atoms with Gasteiger partial charge in [-0.25, -0.2) is 0 Å². The predicted octanol–water partition coefficient (Wildman–Crippen LogP) is 2.22. The van der Waals surface area contributed by atoms with Crippen molar-refractivity contribution in [1.82, 2.24) is 5.32 Å².